The second kappa shape index (κ2) is 5.38. The van der Waals surface area contributed by atoms with Gasteiger partial charge in [0.15, 0.2) is 0 Å². The van der Waals surface area contributed by atoms with Crippen molar-refractivity contribution >= 4 is 35.0 Å². The number of hydrogen-bond acceptors (Lipinski definition) is 3. The highest BCUT2D eigenvalue weighted by Crippen LogP contribution is 2.31. The second-order valence-electron chi connectivity index (χ2n) is 3.76. The predicted octanol–water partition coefficient (Wildman–Crippen LogP) is 3.70. The lowest BCUT2D eigenvalue weighted by Crippen LogP contribution is -2.08. The number of benzene rings is 1. The molecule has 0 fully saturated rings. The monoisotopic (exact) mass is 274 g/mol. The molecule has 0 N–H and O–H groups in total. The molecule has 0 radical (unpaired) electrons. The Morgan fingerprint density at radius 2 is 1.82 bits per heavy atom. The summed E-state index contributed by atoms with van der Waals surface area (Å²) in [7, 11) is 3.72. The van der Waals surface area contributed by atoms with E-state index in [0.29, 0.717) is 15.6 Å². The van der Waals surface area contributed by atoms with Gasteiger partial charge in [0, 0.05) is 38.3 Å². The molecule has 1 aromatic carbocycles. The maximum absolute atomic E-state index is 10.5. The van der Waals surface area contributed by atoms with Crippen LogP contribution in [0, 0.1) is 10.1 Å². The molecule has 0 aliphatic heterocycles. The van der Waals surface area contributed by atoms with Crippen LogP contribution in [0.2, 0.25) is 10.0 Å². The van der Waals surface area contributed by atoms with Crippen molar-refractivity contribution in [3.05, 3.63) is 43.6 Å². The predicted molar refractivity (Wildman–Crippen MR) is 71.4 cm³/mol. The highest BCUT2D eigenvalue weighted by Gasteiger charge is 2.11. The third-order valence-electron chi connectivity index (χ3n) is 2.22. The summed E-state index contributed by atoms with van der Waals surface area (Å²) in [6.45, 7) is 1.40. The van der Waals surface area contributed by atoms with Crippen molar-refractivity contribution in [1.29, 1.82) is 0 Å². The average Bonchev–Trinajstić information content (AvgIpc) is 2.22. The highest BCUT2D eigenvalue weighted by atomic mass is 35.5. The fraction of sp³-hybridized carbons (Fsp3) is 0.273. The van der Waals surface area contributed by atoms with E-state index in [-0.39, 0.29) is 5.70 Å². The SMILES string of the molecule is CC(=Cc1c(Cl)cc(N(C)C)cc1Cl)[N+](=O)[O-]. The van der Waals surface area contributed by atoms with Gasteiger partial charge >= 0.3 is 0 Å². The van der Waals surface area contributed by atoms with Crippen LogP contribution in [0.1, 0.15) is 12.5 Å². The van der Waals surface area contributed by atoms with Crippen LogP contribution in [0.5, 0.6) is 0 Å². The van der Waals surface area contributed by atoms with Crippen LogP contribution in [0.15, 0.2) is 17.8 Å². The van der Waals surface area contributed by atoms with Gasteiger partial charge in [-0.15, -0.1) is 0 Å². The zero-order valence-electron chi connectivity index (χ0n) is 9.70. The van der Waals surface area contributed by atoms with Gasteiger partial charge in [-0.25, -0.2) is 0 Å². The van der Waals surface area contributed by atoms with Crippen LogP contribution in [0.25, 0.3) is 6.08 Å². The van der Waals surface area contributed by atoms with E-state index in [9.17, 15) is 10.1 Å². The van der Waals surface area contributed by atoms with Crippen LogP contribution in [0.4, 0.5) is 5.69 Å². The molecule has 0 spiro atoms. The van der Waals surface area contributed by atoms with E-state index in [1.54, 1.807) is 12.1 Å². The Hall–Kier alpha value is -1.26. The van der Waals surface area contributed by atoms with Crippen molar-refractivity contribution in [2.75, 3.05) is 19.0 Å². The van der Waals surface area contributed by atoms with Gasteiger partial charge in [0.2, 0.25) is 5.70 Å². The Kier molecular flexibility index (Phi) is 4.37. The summed E-state index contributed by atoms with van der Waals surface area (Å²) < 4.78 is 0. The summed E-state index contributed by atoms with van der Waals surface area (Å²) in [5.41, 5.74) is 1.30. The second-order valence-corrected chi connectivity index (χ2v) is 4.57. The normalized spacial score (nSPS) is 11.5. The molecule has 0 saturated heterocycles. The van der Waals surface area contributed by atoms with Crippen molar-refractivity contribution in [2.24, 2.45) is 0 Å². The number of nitrogens with zero attached hydrogens (tertiary/aromatic N) is 2. The molecule has 0 amide bonds. The molecular formula is C11H12Cl2N2O2. The first-order valence-corrected chi connectivity index (χ1v) is 5.57. The number of hydrogen-bond donors (Lipinski definition) is 0. The number of nitro groups is 1. The third-order valence-corrected chi connectivity index (χ3v) is 2.85. The van der Waals surface area contributed by atoms with Gasteiger partial charge < -0.3 is 4.90 Å². The summed E-state index contributed by atoms with van der Waals surface area (Å²) in [4.78, 5) is 11.9. The smallest absolute Gasteiger partial charge is 0.243 e. The van der Waals surface area contributed by atoms with Crippen molar-refractivity contribution in [1.82, 2.24) is 0 Å². The molecule has 0 bridgehead atoms. The Labute approximate surface area is 110 Å². The first-order chi connectivity index (χ1) is 7.82. The van der Waals surface area contributed by atoms with Gasteiger partial charge in [-0.05, 0) is 12.1 Å². The molecule has 92 valence electrons. The lowest BCUT2D eigenvalue weighted by Gasteiger charge is -2.14. The zero-order valence-corrected chi connectivity index (χ0v) is 11.2. The molecule has 6 heteroatoms. The fourth-order valence-electron chi connectivity index (χ4n) is 1.23. The molecule has 1 rings (SSSR count). The van der Waals surface area contributed by atoms with Gasteiger partial charge in [0.25, 0.3) is 0 Å². The van der Waals surface area contributed by atoms with Gasteiger partial charge in [-0.2, -0.15) is 0 Å². The third kappa shape index (κ3) is 3.35. The van der Waals surface area contributed by atoms with E-state index in [2.05, 4.69) is 0 Å². The molecule has 0 aliphatic rings. The highest BCUT2D eigenvalue weighted by molar-refractivity contribution is 6.37. The zero-order chi connectivity index (χ0) is 13.2. The van der Waals surface area contributed by atoms with Gasteiger partial charge in [-0.3, -0.25) is 10.1 Å². The fourth-order valence-corrected chi connectivity index (χ4v) is 1.81. The van der Waals surface area contributed by atoms with Crippen LogP contribution >= 0.6 is 23.2 Å². The Morgan fingerprint density at radius 1 is 1.35 bits per heavy atom. The minimum atomic E-state index is -0.480. The number of rotatable bonds is 3. The van der Waals surface area contributed by atoms with Crippen molar-refractivity contribution in [2.45, 2.75) is 6.92 Å². The van der Waals surface area contributed by atoms with Crippen molar-refractivity contribution in [3.63, 3.8) is 0 Å². The molecule has 0 atom stereocenters. The lowest BCUT2D eigenvalue weighted by atomic mass is 10.1. The van der Waals surface area contributed by atoms with Crippen LogP contribution in [-0.4, -0.2) is 19.0 Å². The average molecular weight is 275 g/mol. The number of allylic oxidation sites excluding steroid dienone is 1. The van der Waals surface area contributed by atoms with E-state index in [1.807, 2.05) is 19.0 Å². The van der Waals surface area contributed by atoms with Crippen molar-refractivity contribution < 1.29 is 4.92 Å². The van der Waals surface area contributed by atoms with E-state index in [1.165, 1.54) is 13.0 Å². The van der Waals surface area contributed by atoms with E-state index in [0.717, 1.165) is 5.69 Å². The first kappa shape index (κ1) is 13.8. The molecule has 17 heavy (non-hydrogen) atoms. The number of anilines is 1. The maximum Gasteiger partial charge on any atom is 0.243 e. The van der Waals surface area contributed by atoms with Crippen LogP contribution < -0.4 is 4.90 Å². The number of halogens is 2. The largest absolute Gasteiger partial charge is 0.378 e. The lowest BCUT2D eigenvalue weighted by molar-refractivity contribution is -0.422. The molecule has 0 heterocycles. The molecule has 1 aromatic rings. The Bertz CT molecular complexity index is 461. The summed E-state index contributed by atoms with van der Waals surface area (Å²) >= 11 is 12.1. The molecule has 0 saturated carbocycles. The minimum Gasteiger partial charge on any atom is -0.378 e. The standard InChI is InChI=1S/C11H12Cl2N2O2/c1-7(15(16)17)4-9-10(12)5-8(14(2)3)6-11(9)13/h4-6H,1-3H3. The molecular weight excluding hydrogens is 263 g/mol. The Balaban J connectivity index is 3.28. The summed E-state index contributed by atoms with van der Waals surface area (Å²) in [5.74, 6) is 0. The molecule has 4 nitrogen and oxygen atoms in total. The summed E-state index contributed by atoms with van der Waals surface area (Å²) in [6.07, 6.45) is 1.37. The maximum atomic E-state index is 10.5. The quantitative estimate of drug-likeness (QED) is 0.624. The molecule has 0 aliphatic carbocycles. The molecule has 0 unspecified atom stereocenters. The topological polar surface area (TPSA) is 46.4 Å². The van der Waals surface area contributed by atoms with Crippen LogP contribution in [0.3, 0.4) is 0 Å². The minimum absolute atomic E-state index is 0.00796. The summed E-state index contributed by atoms with van der Waals surface area (Å²) in [6, 6.07) is 3.43. The Morgan fingerprint density at radius 3 is 2.18 bits per heavy atom. The van der Waals surface area contributed by atoms with Gasteiger partial charge in [0.1, 0.15) is 0 Å². The van der Waals surface area contributed by atoms with E-state index in [4.69, 9.17) is 23.2 Å². The van der Waals surface area contributed by atoms with Crippen LogP contribution in [-0.2, 0) is 0 Å². The summed E-state index contributed by atoms with van der Waals surface area (Å²) in [5, 5.41) is 11.3. The van der Waals surface area contributed by atoms with E-state index >= 15 is 0 Å². The van der Waals surface area contributed by atoms with E-state index < -0.39 is 4.92 Å². The van der Waals surface area contributed by atoms with Gasteiger partial charge in [0.05, 0.1) is 15.0 Å². The van der Waals surface area contributed by atoms with Gasteiger partial charge in [-0.1, -0.05) is 23.2 Å². The van der Waals surface area contributed by atoms with Crippen molar-refractivity contribution in [3.8, 4) is 0 Å². The first-order valence-electron chi connectivity index (χ1n) is 4.82. The molecule has 0 aromatic heterocycles.